The van der Waals surface area contributed by atoms with E-state index >= 15 is 0 Å². The molecule has 0 aliphatic carbocycles. The molecule has 1 aromatic rings. The minimum Gasteiger partial charge on any atom is -0.507 e. The van der Waals surface area contributed by atoms with Crippen LogP contribution in [0.4, 0.5) is 0 Å². The highest BCUT2D eigenvalue weighted by Gasteiger charge is 2.21. The molecule has 1 fully saturated rings. The normalized spacial score (nSPS) is 21.4. The van der Waals surface area contributed by atoms with Crippen molar-refractivity contribution in [2.24, 2.45) is 0 Å². The van der Waals surface area contributed by atoms with Gasteiger partial charge in [0.05, 0.1) is 6.04 Å². The molecule has 2 aliphatic rings. The summed E-state index contributed by atoms with van der Waals surface area (Å²) in [5.41, 5.74) is 0.700. The van der Waals surface area contributed by atoms with Gasteiger partial charge in [0.2, 0.25) is 12.7 Å². The van der Waals surface area contributed by atoms with Crippen LogP contribution in [0.15, 0.2) is 12.1 Å². The molecule has 6 nitrogen and oxygen atoms in total. The second-order valence-corrected chi connectivity index (χ2v) is 5.05. The Morgan fingerprint density at radius 3 is 2.95 bits per heavy atom. The first-order chi connectivity index (χ1) is 9.74. The van der Waals surface area contributed by atoms with E-state index in [2.05, 4.69) is 10.6 Å². The fraction of sp³-hybridized carbons (Fsp3) is 0.500. The fourth-order valence-corrected chi connectivity index (χ4v) is 2.48. The molecule has 1 atom stereocenters. The van der Waals surface area contributed by atoms with Crippen molar-refractivity contribution in [3.63, 3.8) is 0 Å². The Hall–Kier alpha value is -1.95. The van der Waals surface area contributed by atoms with Gasteiger partial charge >= 0.3 is 0 Å². The van der Waals surface area contributed by atoms with Crippen LogP contribution < -0.4 is 20.1 Å². The highest BCUT2D eigenvalue weighted by atomic mass is 16.7. The number of amides is 1. The predicted molar refractivity (Wildman–Crippen MR) is 71.7 cm³/mol. The largest absolute Gasteiger partial charge is 0.507 e. The Balaban J connectivity index is 1.67. The average Bonchev–Trinajstić information content (AvgIpc) is 2.78. The lowest BCUT2D eigenvalue weighted by molar-refractivity contribution is -0.122. The van der Waals surface area contributed by atoms with Crippen LogP contribution in [-0.2, 0) is 11.3 Å². The second-order valence-electron chi connectivity index (χ2n) is 5.05. The van der Waals surface area contributed by atoms with E-state index in [1.165, 1.54) is 0 Å². The first-order valence-electron chi connectivity index (χ1n) is 6.86. The van der Waals surface area contributed by atoms with Crippen molar-refractivity contribution in [3.8, 4) is 17.2 Å². The molecule has 0 saturated carbocycles. The number of ether oxygens (including phenoxy) is 2. The smallest absolute Gasteiger partial charge is 0.237 e. The monoisotopic (exact) mass is 278 g/mol. The molecular weight excluding hydrogens is 260 g/mol. The predicted octanol–water partition coefficient (Wildman–Crippen LogP) is 0.879. The van der Waals surface area contributed by atoms with Crippen molar-refractivity contribution in [1.29, 1.82) is 0 Å². The van der Waals surface area contributed by atoms with Crippen LogP contribution in [0.3, 0.4) is 0 Å². The molecule has 1 amide bonds. The first-order valence-corrected chi connectivity index (χ1v) is 6.86. The van der Waals surface area contributed by atoms with Gasteiger partial charge in [-0.2, -0.15) is 0 Å². The van der Waals surface area contributed by atoms with E-state index in [-0.39, 0.29) is 24.5 Å². The average molecular weight is 278 g/mol. The minimum absolute atomic E-state index is 0.0303. The van der Waals surface area contributed by atoms with Gasteiger partial charge in [-0.15, -0.1) is 0 Å². The van der Waals surface area contributed by atoms with Crippen LogP contribution >= 0.6 is 0 Å². The number of phenols is 1. The molecule has 1 unspecified atom stereocenters. The third kappa shape index (κ3) is 2.65. The molecule has 6 heteroatoms. The summed E-state index contributed by atoms with van der Waals surface area (Å²) in [7, 11) is 0. The standard InChI is InChI=1S/C14H18N2O4/c17-11-6-13-12(19-8-20-13)5-9(11)7-16-10-3-1-2-4-15-14(10)18/h5-6,10,16-17H,1-4,7-8H2,(H,15,18). The van der Waals surface area contributed by atoms with Gasteiger partial charge < -0.3 is 25.2 Å². The van der Waals surface area contributed by atoms with Gasteiger partial charge in [0.15, 0.2) is 11.5 Å². The number of rotatable bonds is 3. The molecule has 20 heavy (non-hydrogen) atoms. The lowest BCUT2D eigenvalue weighted by Gasteiger charge is -2.16. The highest BCUT2D eigenvalue weighted by molar-refractivity contribution is 5.81. The van der Waals surface area contributed by atoms with Gasteiger partial charge in [-0.1, -0.05) is 0 Å². The van der Waals surface area contributed by atoms with Crippen molar-refractivity contribution in [1.82, 2.24) is 10.6 Å². The van der Waals surface area contributed by atoms with Gasteiger partial charge in [0.1, 0.15) is 5.75 Å². The Morgan fingerprint density at radius 2 is 2.10 bits per heavy atom. The zero-order chi connectivity index (χ0) is 13.9. The van der Waals surface area contributed by atoms with Crippen LogP contribution in [0, 0.1) is 0 Å². The van der Waals surface area contributed by atoms with Gasteiger partial charge in [-0.3, -0.25) is 4.79 Å². The lowest BCUT2D eigenvalue weighted by Crippen LogP contribution is -2.42. The third-order valence-electron chi connectivity index (χ3n) is 3.65. The SMILES string of the molecule is O=C1NCCCCC1NCc1cc2c(cc1O)OCO2. The Bertz CT molecular complexity index is 518. The van der Waals surface area contributed by atoms with Gasteiger partial charge in [-0.25, -0.2) is 0 Å². The number of benzene rings is 1. The molecule has 1 aromatic carbocycles. The number of hydrogen-bond acceptors (Lipinski definition) is 5. The van der Waals surface area contributed by atoms with E-state index in [4.69, 9.17) is 9.47 Å². The molecule has 0 radical (unpaired) electrons. The molecular formula is C14H18N2O4. The first kappa shape index (κ1) is 13.1. The number of aromatic hydroxyl groups is 1. The summed E-state index contributed by atoms with van der Waals surface area (Å²) < 4.78 is 10.5. The molecule has 3 N–H and O–H groups in total. The van der Waals surface area contributed by atoms with Crippen molar-refractivity contribution in [3.05, 3.63) is 17.7 Å². The highest BCUT2D eigenvalue weighted by Crippen LogP contribution is 2.37. The van der Waals surface area contributed by atoms with Crippen molar-refractivity contribution in [2.45, 2.75) is 31.8 Å². The van der Waals surface area contributed by atoms with Crippen molar-refractivity contribution < 1.29 is 19.4 Å². The summed E-state index contributed by atoms with van der Waals surface area (Å²) in [5, 5.41) is 16.0. The summed E-state index contributed by atoms with van der Waals surface area (Å²) in [4.78, 5) is 11.8. The molecule has 2 heterocycles. The number of carbonyl (C=O) groups is 1. The van der Waals surface area contributed by atoms with Crippen molar-refractivity contribution in [2.75, 3.05) is 13.3 Å². The van der Waals surface area contributed by atoms with E-state index < -0.39 is 0 Å². The molecule has 1 saturated heterocycles. The van der Waals surface area contributed by atoms with Crippen LogP contribution in [0.2, 0.25) is 0 Å². The van der Waals surface area contributed by atoms with Gasteiger partial charge in [0.25, 0.3) is 0 Å². The lowest BCUT2D eigenvalue weighted by atomic mass is 10.1. The van der Waals surface area contributed by atoms with Gasteiger partial charge in [0, 0.05) is 24.7 Å². The van der Waals surface area contributed by atoms with E-state index in [1.807, 2.05) is 0 Å². The summed E-state index contributed by atoms with van der Waals surface area (Å²) in [6, 6.07) is 3.09. The topological polar surface area (TPSA) is 79.8 Å². The number of fused-ring (bicyclic) bond motifs is 1. The molecule has 2 aliphatic heterocycles. The Morgan fingerprint density at radius 1 is 1.30 bits per heavy atom. The Kier molecular flexibility index (Phi) is 3.64. The summed E-state index contributed by atoms with van der Waals surface area (Å²) in [6.45, 7) is 1.34. The summed E-state index contributed by atoms with van der Waals surface area (Å²) >= 11 is 0. The fourth-order valence-electron chi connectivity index (χ4n) is 2.48. The maximum Gasteiger partial charge on any atom is 0.237 e. The van der Waals surface area contributed by atoms with Crippen LogP contribution in [0.1, 0.15) is 24.8 Å². The molecule has 3 rings (SSSR count). The maximum atomic E-state index is 11.8. The zero-order valence-electron chi connectivity index (χ0n) is 11.1. The Labute approximate surface area is 117 Å². The maximum absolute atomic E-state index is 11.8. The number of hydrogen-bond donors (Lipinski definition) is 3. The molecule has 0 spiro atoms. The number of nitrogens with one attached hydrogen (secondary N) is 2. The number of phenolic OH excluding ortho intramolecular Hbond substituents is 1. The molecule has 108 valence electrons. The van der Waals surface area contributed by atoms with E-state index in [9.17, 15) is 9.90 Å². The summed E-state index contributed by atoms with van der Waals surface area (Å²) in [5.74, 6) is 1.36. The minimum atomic E-state index is -0.206. The van der Waals surface area contributed by atoms with Crippen LogP contribution in [0.5, 0.6) is 17.2 Å². The quantitative estimate of drug-likeness (QED) is 0.765. The molecule has 0 aromatic heterocycles. The van der Waals surface area contributed by atoms with E-state index in [0.717, 1.165) is 25.8 Å². The van der Waals surface area contributed by atoms with E-state index in [0.29, 0.717) is 23.6 Å². The van der Waals surface area contributed by atoms with Crippen LogP contribution in [0.25, 0.3) is 0 Å². The zero-order valence-corrected chi connectivity index (χ0v) is 11.1. The molecule has 0 bridgehead atoms. The van der Waals surface area contributed by atoms with E-state index in [1.54, 1.807) is 12.1 Å². The number of carbonyl (C=O) groups excluding carboxylic acids is 1. The van der Waals surface area contributed by atoms with Crippen LogP contribution in [-0.4, -0.2) is 30.4 Å². The second kappa shape index (κ2) is 5.58. The third-order valence-corrected chi connectivity index (χ3v) is 3.65. The summed E-state index contributed by atoms with van der Waals surface area (Å²) in [6.07, 6.45) is 2.85. The van der Waals surface area contributed by atoms with Gasteiger partial charge in [-0.05, 0) is 25.3 Å². The van der Waals surface area contributed by atoms with Crippen molar-refractivity contribution >= 4 is 5.91 Å².